The van der Waals surface area contributed by atoms with Gasteiger partial charge < -0.3 is 15.5 Å². The van der Waals surface area contributed by atoms with E-state index in [1.54, 1.807) is 29.2 Å². The maximum atomic E-state index is 12.5. The van der Waals surface area contributed by atoms with E-state index in [0.29, 0.717) is 49.4 Å². The van der Waals surface area contributed by atoms with Crippen molar-refractivity contribution in [2.75, 3.05) is 13.1 Å². The smallest absolute Gasteiger partial charge is 0.255 e. The van der Waals surface area contributed by atoms with E-state index in [9.17, 15) is 14.4 Å². The highest BCUT2D eigenvalue weighted by Crippen LogP contribution is 2.20. The second kappa shape index (κ2) is 7.21. The van der Waals surface area contributed by atoms with Crippen LogP contribution in [-0.4, -0.2) is 47.8 Å². The van der Waals surface area contributed by atoms with Gasteiger partial charge in [-0.3, -0.25) is 14.4 Å². The average Bonchev–Trinajstić information content (AvgIpc) is 3.02. The molecular formula is C17H20ClN3O3. The fourth-order valence-corrected chi connectivity index (χ4v) is 3.36. The monoisotopic (exact) mass is 349 g/mol. The van der Waals surface area contributed by atoms with E-state index in [1.165, 1.54) is 0 Å². The molecule has 128 valence electrons. The number of amides is 3. The molecule has 2 N–H and O–H groups in total. The van der Waals surface area contributed by atoms with Crippen molar-refractivity contribution >= 4 is 29.3 Å². The van der Waals surface area contributed by atoms with Crippen molar-refractivity contribution in [3.8, 4) is 0 Å². The number of nitrogens with one attached hydrogen (secondary N) is 2. The SMILES string of the molecule is O=C1CCC(C(=O)NC2CCN(C(=O)c3ccccc3Cl)CC2)N1. The highest BCUT2D eigenvalue weighted by Gasteiger charge is 2.30. The quantitative estimate of drug-likeness (QED) is 0.864. The van der Waals surface area contributed by atoms with Crippen LogP contribution in [0.25, 0.3) is 0 Å². The third-order valence-electron chi connectivity index (χ3n) is 4.54. The molecule has 2 heterocycles. The number of hydrogen-bond acceptors (Lipinski definition) is 3. The molecule has 0 radical (unpaired) electrons. The Morgan fingerprint density at radius 2 is 1.88 bits per heavy atom. The zero-order chi connectivity index (χ0) is 17.1. The zero-order valence-electron chi connectivity index (χ0n) is 13.3. The van der Waals surface area contributed by atoms with Crippen molar-refractivity contribution in [3.05, 3.63) is 34.9 Å². The molecule has 1 atom stereocenters. The number of rotatable bonds is 3. The minimum Gasteiger partial charge on any atom is -0.351 e. The first kappa shape index (κ1) is 16.8. The van der Waals surface area contributed by atoms with Crippen molar-refractivity contribution in [2.24, 2.45) is 0 Å². The Morgan fingerprint density at radius 1 is 1.17 bits per heavy atom. The average molecular weight is 350 g/mol. The molecule has 2 saturated heterocycles. The van der Waals surface area contributed by atoms with Gasteiger partial charge in [0.2, 0.25) is 11.8 Å². The molecule has 0 aliphatic carbocycles. The lowest BCUT2D eigenvalue weighted by Crippen LogP contribution is -2.50. The van der Waals surface area contributed by atoms with Gasteiger partial charge in [0.1, 0.15) is 6.04 Å². The second-order valence-corrected chi connectivity index (χ2v) is 6.62. The van der Waals surface area contributed by atoms with Crippen molar-refractivity contribution in [1.82, 2.24) is 15.5 Å². The van der Waals surface area contributed by atoms with Gasteiger partial charge in [-0.15, -0.1) is 0 Å². The predicted molar refractivity (Wildman–Crippen MR) is 89.7 cm³/mol. The number of carbonyl (C=O) groups is 3. The van der Waals surface area contributed by atoms with E-state index in [0.717, 1.165) is 0 Å². The minimum atomic E-state index is -0.416. The van der Waals surface area contributed by atoms with E-state index in [2.05, 4.69) is 10.6 Å². The Balaban J connectivity index is 1.51. The Kier molecular flexibility index (Phi) is 5.04. The van der Waals surface area contributed by atoms with Crippen LogP contribution in [0.5, 0.6) is 0 Å². The summed E-state index contributed by atoms with van der Waals surface area (Å²) in [6.07, 6.45) is 2.35. The van der Waals surface area contributed by atoms with Gasteiger partial charge in [-0.25, -0.2) is 0 Å². The minimum absolute atomic E-state index is 0.0327. The molecule has 3 rings (SSSR count). The van der Waals surface area contributed by atoms with E-state index in [-0.39, 0.29) is 23.8 Å². The summed E-state index contributed by atoms with van der Waals surface area (Å²) in [6, 6.07) is 6.63. The van der Waals surface area contributed by atoms with E-state index in [4.69, 9.17) is 11.6 Å². The maximum absolute atomic E-state index is 12.5. The molecule has 2 fully saturated rings. The second-order valence-electron chi connectivity index (χ2n) is 6.21. The Morgan fingerprint density at radius 3 is 2.50 bits per heavy atom. The lowest BCUT2D eigenvalue weighted by molar-refractivity contribution is -0.126. The van der Waals surface area contributed by atoms with Crippen LogP contribution in [-0.2, 0) is 9.59 Å². The number of hydrogen-bond donors (Lipinski definition) is 2. The standard InChI is InChI=1S/C17H20ClN3O3/c18-13-4-2-1-3-12(13)17(24)21-9-7-11(8-10-21)19-16(23)14-5-6-15(22)20-14/h1-4,11,14H,5-10H2,(H,19,23)(H,20,22). The largest absolute Gasteiger partial charge is 0.351 e. The summed E-state index contributed by atoms with van der Waals surface area (Å²) in [6.45, 7) is 1.15. The summed E-state index contributed by atoms with van der Waals surface area (Å²) in [5.74, 6) is -0.277. The number of likely N-dealkylation sites (tertiary alicyclic amines) is 1. The maximum Gasteiger partial charge on any atom is 0.255 e. The molecule has 2 aliphatic heterocycles. The van der Waals surface area contributed by atoms with Crippen LogP contribution in [0.3, 0.4) is 0 Å². The summed E-state index contributed by atoms with van der Waals surface area (Å²) in [5, 5.41) is 6.10. The van der Waals surface area contributed by atoms with Crippen molar-refractivity contribution in [1.29, 1.82) is 0 Å². The fourth-order valence-electron chi connectivity index (χ4n) is 3.14. The number of piperidine rings is 1. The van der Waals surface area contributed by atoms with Gasteiger partial charge in [-0.05, 0) is 31.4 Å². The number of halogens is 1. The van der Waals surface area contributed by atoms with Crippen LogP contribution in [0.4, 0.5) is 0 Å². The molecule has 2 aliphatic rings. The van der Waals surface area contributed by atoms with Gasteiger partial charge in [0.25, 0.3) is 5.91 Å². The molecule has 3 amide bonds. The highest BCUT2D eigenvalue weighted by atomic mass is 35.5. The van der Waals surface area contributed by atoms with Gasteiger partial charge in [0.05, 0.1) is 10.6 Å². The predicted octanol–water partition coefficient (Wildman–Crippen LogP) is 1.34. The van der Waals surface area contributed by atoms with Crippen molar-refractivity contribution in [3.63, 3.8) is 0 Å². The van der Waals surface area contributed by atoms with Crippen LogP contribution < -0.4 is 10.6 Å². The topological polar surface area (TPSA) is 78.5 Å². The molecule has 7 heteroatoms. The van der Waals surface area contributed by atoms with Crippen LogP contribution >= 0.6 is 11.6 Å². The first-order chi connectivity index (χ1) is 11.5. The third-order valence-corrected chi connectivity index (χ3v) is 4.87. The number of nitrogens with zero attached hydrogens (tertiary/aromatic N) is 1. The zero-order valence-corrected chi connectivity index (χ0v) is 14.0. The molecule has 0 saturated carbocycles. The fraction of sp³-hybridized carbons (Fsp3) is 0.471. The van der Waals surface area contributed by atoms with Crippen LogP contribution in [0.1, 0.15) is 36.0 Å². The van der Waals surface area contributed by atoms with Crippen LogP contribution in [0.15, 0.2) is 24.3 Å². The van der Waals surface area contributed by atoms with Gasteiger partial charge in [-0.2, -0.15) is 0 Å². The van der Waals surface area contributed by atoms with Crippen molar-refractivity contribution < 1.29 is 14.4 Å². The van der Waals surface area contributed by atoms with Gasteiger partial charge in [0, 0.05) is 25.6 Å². The van der Waals surface area contributed by atoms with Crippen molar-refractivity contribution in [2.45, 2.75) is 37.8 Å². The molecular weight excluding hydrogens is 330 g/mol. The van der Waals surface area contributed by atoms with E-state index >= 15 is 0 Å². The summed E-state index contributed by atoms with van der Waals surface area (Å²) in [4.78, 5) is 37.6. The molecule has 0 aromatic heterocycles. The molecule has 1 unspecified atom stereocenters. The summed E-state index contributed by atoms with van der Waals surface area (Å²) in [7, 11) is 0. The Bertz CT molecular complexity index is 656. The number of benzene rings is 1. The molecule has 6 nitrogen and oxygen atoms in total. The molecule has 0 spiro atoms. The third kappa shape index (κ3) is 3.70. The van der Waals surface area contributed by atoms with E-state index < -0.39 is 6.04 Å². The van der Waals surface area contributed by atoms with Crippen LogP contribution in [0.2, 0.25) is 5.02 Å². The summed E-state index contributed by atoms with van der Waals surface area (Å²) >= 11 is 6.08. The van der Waals surface area contributed by atoms with E-state index in [1.807, 2.05) is 0 Å². The first-order valence-electron chi connectivity index (χ1n) is 8.18. The number of carbonyl (C=O) groups excluding carboxylic acids is 3. The lowest BCUT2D eigenvalue weighted by Gasteiger charge is -2.33. The Labute approximate surface area is 145 Å². The normalized spacial score (nSPS) is 21.5. The van der Waals surface area contributed by atoms with Gasteiger partial charge >= 0.3 is 0 Å². The molecule has 1 aromatic rings. The van der Waals surface area contributed by atoms with Gasteiger partial charge in [0.15, 0.2) is 0 Å². The molecule has 0 bridgehead atoms. The lowest BCUT2D eigenvalue weighted by atomic mass is 10.0. The summed E-state index contributed by atoms with van der Waals surface area (Å²) in [5.41, 5.74) is 0.510. The molecule has 24 heavy (non-hydrogen) atoms. The van der Waals surface area contributed by atoms with Crippen LogP contribution in [0, 0.1) is 0 Å². The molecule has 1 aromatic carbocycles. The van der Waals surface area contributed by atoms with Gasteiger partial charge in [-0.1, -0.05) is 23.7 Å². The highest BCUT2D eigenvalue weighted by molar-refractivity contribution is 6.33. The summed E-state index contributed by atoms with van der Waals surface area (Å²) < 4.78 is 0. The Hall–Kier alpha value is -2.08. The first-order valence-corrected chi connectivity index (χ1v) is 8.56.